The lowest BCUT2D eigenvalue weighted by molar-refractivity contribution is -0.130. The molecular formula is C10H14N2O4. The summed E-state index contributed by atoms with van der Waals surface area (Å²) in [7, 11) is 0. The van der Waals surface area contributed by atoms with Crippen molar-refractivity contribution < 1.29 is 19.1 Å². The number of carbonyl (C=O) groups is 1. The van der Waals surface area contributed by atoms with E-state index in [-0.39, 0.29) is 18.8 Å². The normalized spacial score (nSPS) is 23.2. The monoisotopic (exact) mass is 226 g/mol. The minimum atomic E-state index is -0.314. The molecule has 6 nitrogen and oxygen atoms in total. The molecule has 0 aliphatic carbocycles. The number of β-amino-alcohol motifs (C(OH)–C–C–N with tert-alkyl or cyclic N) is 1. The summed E-state index contributed by atoms with van der Waals surface area (Å²) in [5.41, 5.74) is 0.718. The SMILES string of the molecule is O=COCC(c1cocn1)N1CCC(O)C1. The van der Waals surface area contributed by atoms with E-state index in [9.17, 15) is 9.90 Å². The van der Waals surface area contributed by atoms with Crippen LogP contribution in [0.5, 0.6) is 0 Å². The summed E-state index contributed by atoms with van der Waals surface area (Å²) in [6, 6.07) is -0.138. The molecule has 1 saturated heterocycles. The van der Waals surface area contributed by atoms with Gasteiger partial charge in [-0.2, -0.15) is 0 Å². The maximum atomic E-state index is 10.2. The first kappa shape index (κ1) is 11.1. The van der Waals surface area contributed by atoms with Crippen molar-refractivity contribution in [1.82, 2.24) is 9.88 Å². The highest BCUT2D eigenvalue weighted by Gasteiger charge is 2.29. The first-order valence-electron chi connectivity index (χ1n) is 5.16. The maximum Gasteiger partial charge on any atom is 0.293 e. The van der Waals surface area contributed by atoms with Crippen molar-refractivity contribution in [3.8, 4) is 0 Å². The Balaban J connectivity index is 2.05. The number of aliphatic hydroxyl groups excluding tert-OH is 1. The molecule has 2 rings (SSSR count). The van der Waals surface area contributed by atoms with Crippen LogP contribution in [0.1, 0.15) is 18.2 Å². The zero-order valence-corrected chi connectivity index (χ0v) is 8.78. The van der Waals surface area contributed by atoms with Gasteiger partial charge >= 0.3 is 0 Å². The number of hydrogen-bond donors (Lipinski definition) is 1. The average molecular weight is 226 g/mol. The molecule has 1 aliphatic rings. The molecule has 1 aromatic heterocycles. The molecule has 0 amide bonds. The Morgan fingerprint density at radius 1 is 1.81 bits per heavy atom. The second-order valence-electron chi connectivity index (χ2n) is 3.80. The fourth-order valence-electron chi connectivity index (χ4n) is 1.95. The number of aromatic nitrogens is 1. The lowest BCUT2D eigenvalue weighted by atomic mass is 10.2. The van der Waals surface area contributed by atoms with Crippen LogP contribution in [0, 0.1) is 0 Å². The van der Waals surface area contributed by atoms with E-state index in [2.05, 4.69) is 4.98 Å². The summed E-state index contributed by atoms with van der Waals surface area (Å²) in [6.07, 6.45) is 3.29. The summed E-state index contributed by atoms with van der Waals surface area (Å²) in [6.45, 7) is 1.98. The largest absolute Gasteiger partial charge is 0.466 e. The van der Waals surface area contributed by atoms with Gasteiger partial charge in [0.15, 0.2) is 6.39 Å². The van der Waals surface area contributed by atoms with Gasteiger partial charge in [-0.25, -0.2) is 4.98 Å². The van der Waals surface area contributed by atoms with Crippen molar-refractivity contribution in [2.24, 2.45) is 0 Å². The Hall–Kier alpha value is -1.40. The number of oxazole rings is 1. The zero-order chi connectivity index (χ0) is 11.4. The second-order valence-corrected chi connectivity index (χ2v) is 3.80. The molecule has 1 aromatic rings. The van der Waals surface area contributed by atoms with E-state index in [0.29, 0.717) is 13.0 Å². The Morgan fingerprint density at radius 3 is 3.25 bits per heavy atom. The molecule has 2 unspecified atom stereocenters. The average Bonchev–Trinajstić information content (AvgIpc) is 2.91. The third kappa shape index (κ3) is 2.40. The standard InChI is InChI=1S/C10H14N2O4/c13-7-16-5-10(9-4-15-6-11-9)12-2-1-8(14)3-12/h4,6-8,10,14H,1-3,5H2. The van der Waals surface area contributed by atoms with Crippen LogP contribution in [0.3, 0.4) is 0 Å². The van der Waals surface area contributed by atoms with Crippen molar-refractivity contribution in [3.05, 3.63) is 18.4 Å². The summed E-state index contributed by atoms with van der Waals surface area (Å²) in [4.78, 5) is 16.3. The number of carbonyl (C=O) groups excluding carboxylic acids is 1. The Kier molecular flexibility index (Phi) is 3.53. The fourth-order valence-corrected chi connectivity index (χ4v) is 1.95. The second kappa shape index (κ2) is 5.09. The van der Waals surface area contributed by atoms with Crippen molar-refractivity contribution in [2.45, 2.75) is 18.6 Å². The molecule has 0 radical (unpaired) electrons. The molecular weight excluding hydrogens is 212 g/mol. The van der Waals surface area contributed by atoms with Gasteiger partial charge < -0.3 is 14.3 Å². The Morgan fingerprint density at radius 2 is 2.69 bits per heavy atom. The van der Waals surface area contributed by atoms with Gasteiger partial charge in [-0.05, 0) is 6.42 Å². The predicted molar refractivity (Wildman–Crippen MR) is 53.5 cm³/mol. The summed E-state index contributed by atoms with van der Waals surface area (Å²) < 4.78 is 9.70. The van der Waals surface area contributed by atoms with Crippen molar-refractivity contribution >= 4 is 6.47 Å². The molecule has 6 heteroatoms. The van der Waals surface area contributed by atoms with Gasteiger partial charge in [0.2, 0.25) is 0 Å². The maximum absolute atomic E-state index is 10.2. The molecule has 0 saturated carbocycles. The van der Waals surface area contributed by atoms with E-state index in [1.54, 1.807) is 0 Å². The van der Waals surface area contributed by atoms with Gasteiger partial charge in [0.1, 0.15) is 12.9 Å². The highest BCUT2D eigenvalue weighted by molar-refractivity contribution is 5.37. The van der Waals surface area contributed by atoms with Gasteiger partial charge in [-0.1, -0.05) is 0 Å². The molecule has 2 heterocycles. The number of nitrogens with zero attached hydrogens (tertiary/aromatic N) is 2. The third-order valence-electron chi connectivity index (χ3n) is 2.75. The van der Waals surface area contributed by atoms with Gasteiger partial charge in [0.05, 0.1) is 17.8 Å². The first-order valence-corrected chi connectivity index (χ1v) is 5.16. The van der Waals surface area contributed by atoms with E-state index in [1.807, 2.05) is 4.90 Å². The highest BCUT2D eigenvalue weighted by atomic mass is 16.5. The van der Waals surface area contributed by atoms with Crippen LogP contribution in [0.2, 0.25) is 0 Å². The van der Waals surface area contributed by atoms with Crippen molar-refractivity contribution in [3.63, 3.8) is 0 Å². The lowest BCUT2D eigenvalue weighted by Gasteiger charge is -2.24. The van der Waals surface area contributed by atoms with Crippen LogP contribution in [-0.2, 0) is 9.53 Å². The van der Waals surface area contributed by atoms with E-state index in [0.717, 1.165) is 18.7 Å². The number of aliphatic hydroxyl groups is 1. The van der Waals surface area contributed by atoms with Gasteiger partial charge in [0, 0.05) is 13.1 Å². The molecule has 0 bridgehead atoms. The van der Waals surface area contributed by atoms with Crippen molar-refractivity contribution in [1.29, 1.82) is 0 Å². The van der Waals surface area contributed by atoms with Crippen LogP contribution >= 0.6 is 0 Å². The van der Waals surface area contributed by atoms with Gasteiger partial charge in [-0.3, -0.25) is 9.69 Å². The number of hydrogen-bond acceptors (Lipinski definition) is 6. The highest BCUT2D eigenvalue weighted by Crippen LogP contribution is 2.24. The Labute approximate surface area is 92.8 Å². The zero-order valence-electron chi connectivity index (χ0n) is 8.78. The number of likely N-dealkylation sites (tertiary alicyclic amines) is 1. The van der Waals surface area contributed by atoms with Gasteiger partial charge in [0.25, 0.3) is 6.47 Å². The van der Waals surface area contributed by atoms with Gasteiger partial charge in [-0.15, -0.1) is 0 Å². The number of ether oxygens (including phenoxy) is 1. The minimum Gasteiger partial charge on any atom is -0.466 e. The van der Waals surface area contributed by atoms with E-state index in [4.69, 9.17) is 9.15 Å². The summed E-state index contributed by atoms with van der Waals surface area (Å²) in [5, 5.41) is 9.48. The molecule has 1 fully saturated rings. The topological polar surface area (TPSA) is 75.8 Å². The number of rotatable bonds is 5. The quantitative estimate of drug-likeness (QED) is 0.710. The Bertz CT molecular complexity index is 328. The molecule has 1 aliphatic heterocycles. The third-order valence-corrected chi connectivity index (χ3v) is 2.75. The summed E-state index contributed by atoms with van der Waals surface area (Å²) in [5.74, 6) is 0. The predicted octanol–water partition coefficient (Wildman–Crippen LogP) is -0.0447. The van der Waals surface area contributed by atoms with Crippen LogP contribution < -0.4 is 0 Å². The first-order chi connectivity index (χ1) is 7.81. The fraction of sp³-hybridized carbons (Fsp3) is 0.600. The molecule has 0 aromatic carbocycles. The summed E-state index contributed by atoms with van der Waals surface area (Å²) >= 11 is 0. The molecule has 16 heavy (non-hydrogen) atoms. The molecule has 2 atom stereocenters. The van der Waals surface area contributed by atoms with E-state index >= 15 is 0 Å². The van der Waals surface area contributed by atoms with Crippen LogP contribution in [0.25, 0.3) is 0 Å². The van der Waals surface area contributed by atoms with E-state index < -0.39 is 0 Å². The smallest absolute Gasteiger partial charge is 0.293 e. The van der Waals surface area contributed by atoms with Crippen molar-refractivity contribution in [2.75, 3.05) is 19.7 Å². The molecule has 88 valence electrons. The van der Waals surface area contributed by atoms with Crippen LogP contribution in [-0.4, -0.2) is 47.3 Å². The minimum absolute atomic E-state index is 0.138. The molecule has 1 N–H and O–H groups in total. The molecule has 0 spiro atoms. The van der Waals surface area contributed by atoms with Crippen LogP contribution in [0.15, 0.2) is 17.1 Å². The lowest BCUT2D eigenvalue weighted by Crippen LogP contribution is -2.31. The van der Waals surface area contributed by atoms with Crippen LogP contribution in [0.4, 0.5) is 0 Å². The van der Waals surface area contributed by atoms with E-state index in [1.165, 1.54) is 12.7 Å².